The van der Waals surface area contributed by atoms with Crippen molar-refractivity contribution in [2.45, 2.75) is 45.6 Å². The van der Waals surface area contributed by atoms with Crippen LogP contribution in [0.4, 0.5) is 0 Å². The lowest BCUT2D eigenvalue weighted by Crippen LogP contribution is -2.31. The number of ether oxygens (including phenoxy) is 1. The summed E-state index contributed by atoms with van der Waals surface area (Å²) < 4.78 is 6.56. The van der Waals surface area contributed by atoms with Crippen molar-refractivity contribution in [1.82, 2.24) is 5.32 Å². The molecule has 1 aromatic rings. The average Bonchev–Trinajstić information content (AvgIpc) is 3.18. The van der Waals surface area contributed by atoms with Gasteiger partial charge in [0.25, 0.3) is 0 Å². The van der Waals surface area contributed by atoms with E-state index in [0.29, 0.717) is 5.41 Å². The van der Waals surface area contributed by atoms with E-state index in [-0.39, 0.29) is 0 Å². The molecule has 1 fully saturated rings. The third-order valence-corrected chi connectivity index (χ3v) is 4.25. The van der Waals surface area contributed by atoms with Gasteiger partial charge in [-0.1, -0.05) is 29.8 Å². The van der Waals surface area contributed by atoms with Crippen LogP contribution in [0.25, 0.3) is 0 Å². The van der Waals surface area contributed by atoms with Gasteiger partial charge in [0.1, 0.15) is 5.75 Å². The molecule has 0 aliphatic heterocycles. The van der Waals surface area contributed by atoms with Crippen LogP contribution >= 0.6 is 15.9 Å². The Morgan fingerprint density at radius 2 is 2.11 bits per heavy atom. The van der Waals surface area contributed by atoms with Crippen molar-refractivity contribution < 1.29 is 4.74 Å². The summed E-state index contributed by atoms with van der Waals surface area (Å²) in [5, 5.41) is 3.63. The number of hydrogen-bond donors (Lipinski definition) is 1. The van der Waals surface area contributed by atoms with E-state index in [4.69, 9.17) is 4.74 Å². The lowest BCUT2D eigenvalue weighted by atomic mass is 9.86. The third-order valence-electron chi connectivity index (χ3n) is 3.76. The molecule has 1 aliphatic carbocycles. The van der Waals surface area contributed by atoms with Crippen molar-refractivity contribution >= 4 is 15.9 Å². The molecule has 2 nitrogen and oxygen atoms in total. The van der Waals surface area contributed by atoms with E-state index in [0.717, 1.165) is 29.2 Å². The van der Waals surface area contributed by atoms with E-state index in [1.54, 1.807) is 7.11 Å². The van der Waals surface area contributed by atoms with Crippen molar-refractivity contribution in [3.05, 3.63) is 28.2 Å². The molecule has 19 heavy (non-hydrogen) atoms. The second-order valence-corrected chi connectivity index (χ2v) is 7.19. The van der Waals surface area contributed by atoms with Crippen molar-refractivity contribution in [2.24, 2.45) is 5.41 Å². The smallest absolute Gasteiger partial charge is 0.122 e. The van der Waals surface area contributed by atoms with E-state index >= 15 is 0 Å². The van der Waals surface area contributed by atoms with Crippen LogP contribution < -0.4 is 10.1 Å². The Bertz CT molecular complexity index is 427. The van der Waals surface area contributed by atoms with Gasteiger partial charge in [-0.2, -0.15) is 0 Å². The molecule has 0 heterocycles. The highest BCUT2D eigenvalue weighted by molar-refractivity contribution is 9.10. The number of rotatable bonds is 7. The second kappa shape index (κ2) is 6.27. The highest BCUT2D eigenvalue weighted by atomic mass is 79.9. The van der Waals surface area contributed by atoms with Crippen LogP contribution in [0.1, 0.15) is 38.7 Å². The Morgan fingerprint density at radius 3 is 2.74 bits per heavy atom. The molecule has 3 heteroatoms. The molecule has 0 saturated heterocycles. The average molecular weight is 326 g/mol. The summed E-state index contributed by atoms with van der Waals surface area (Å²) >= 11 is 3.54. The first-order valence-electron chi connectivity index (χ1n) is 7.06. The number of nitrogens with one attached hydrogen (secondary N) is 1. The van der Waals surface area contributed by atoms with Crippen LogP contribution in [0, 0.1) is 5.41 Å². The minimum absolute atomic E-state index is 0.329. The first kappa shape index (κ1) is 14.9. The minimum Gasteiger partial charge on any atom is -0.496 e. The van der Waals surface area contributed by atoms with Crippen LogP contribution in [0.5, 0.6) is 5.75 Å². The summed E-state index contributed by atoms with van der Waals surface area (Å²) in [6.07, 6.45) is 4.94. The first-order valence-corrected chi connectivity index (χ1v) is 7.85. The monoisotopic (exact) mass is 325 g/mol. The molecule has 0 aromatic heterocycles. The number of aryl methyl sites for hydroxylation is 1. The Kier molecular flexibility index (Phi) is 4.91. The van der Waals surface area contributed by atoms with E-state index in [1.165, 1.54) is 24.8 Å². The molecular formula is C16H24BrNO. The zero-order chi connectivity index (χ0) is 13.9. The van der Waals surface area contributed by atoms with Crippen molar-refractivity contribution in [3.8, 4) is 5.75 Å². The molecule has 0 spiro atoms. The Balaban J connectivity index is 1.90. The summed E-state index contributed by atoms with van der Waals surface area (Å²) in [6, 6.07) is 7.03. The van der Waals surface area contributed by atoms with Crippen molar-refractivity contribution in [1.29, 1.82) is 0 Å². The maximum Gasteiger partial charge on any atom is 0.122 e. The van der Waals surface area contributed by atoms with Crippen molar-refractivity contribution in [2.75, 3.05) is 13.7 Å². The zero-order valence-corrected chi connectivity index (χ0v) is 13.7. The maximum atomic E-state index is 5.44. The standard InChI is InChI=1S/C16H24BrNO/c1-16(2,11-18-14-5-6-14)9-8-12-10-13(17)4-7-15(12)19-3/h4,7,10,14,18H,5-6,8-9,11H2,1-3H3. The second-order valence-electron chi connectivity index (χ2n) is 6.28. The van der Waals surface area contributed by atoms with Gasteiger partial charge in [0.15, 0.2) is 0 Å². The van der Waals surface area contributed by atoms with Gasteiger partial charge in [-0.05, 0) is 54.9 Å². The molecule has 1 aromatic carbocycles. The van der Waals surface area contributed by atoms with E-state index in [2.05, 4.69) is 41.2 Å². The fourth-order valence-corrected chi connectivity index (χ4v) is 2.62. The van der Waals surface area contributed by atoms with Crippen molar-refractivity contribution in [3.63, 3.8) is 0 Å². The molecular weight excluding hydrogens is 302 g/mol. The van der Waals surface area contributed by atoms with Gasteiger partial charge in [0.05, 0.1) is 7.11 Å². The van der Waals surface area contributed by atoms with E-state index < -0.39 is 0 Å². The lowest BCUT2D eigenvalue weighted by molar-refractivity contribution is 0.311. The van der Waals surface area contributed by atoms with Crippen LogP contribution in [0.2, 0.25) is 0 Å². The van der Waals surface area contributed by atoms with Gasteiger partial charge >= 0.3 is 0 Å². The van der Waals surface area contributed by atoms with Gasteiger partial charge in [0, 0.05) is 17.1 Å². The number of hydrogen-bond acceptors (Lipinski definition) is 2. The lowest BCUT2D eigenvalue weighted by Gasteiger charge is -2.25. The van der Waals surface area contributed by atoms with Crippen LogP contribution in [0.15, 0.2) is 22.7 Å². The van der Waals surface area contributed by atoms with Gasteiger partial charge in [-0.3, -0.25) is 0 Å². The predicted molar refractivity (Wildman–Crippen MR) is 83.8 cm³/mol. The number of methoxy groups -OCH3 is 1. The molecule has 0 radical (unpaired) electrons. The normalized spacial score (nSPS) is 15.6. The van der Waals surface area contributed by atoms with Gasteiger partial charge in [0.2, 0.25) is 0 Å². The van der Waals surface area contributed by atoms with Gasteiger partial charge in [-0.25, -0.2) is 0 Å². The first-order chi connectivity index (χ1) is 9.00. The summed E-state index contributed by atoms with van der Waals surface area (Å²) in [5.74, 6) is 0.995. The Labute approximate surface area is 125 Å². The summed E-state index contributed by atoms with van der Waals surface area (Å²) in [5.41, 5.74) is 1.62. The van der Waals surface area contributed by atoms with Crippen LogP contribution in [-0.2, 0) is 6.42 Å². The number of halogens is 1. The zero-order valence-electron chi connectivity index (χ0n) is 12.1. The van der Waals surface area contributed by atoms with Gasteiger partial charge in [-0.15, -0.1) is 0 Å². The van der Waals surface area contributed by atoms with E-state index in [1.807, 2.05) is 12.1 Å². The maximum absolute atomic E-state index is 5.44. The summed E-state index contributed by atoms with van der Waals surface area (Å²) in [4.78, 5) is 0. The minimum atomic E-state index is 0.329. The molecule has 1 saturated carbocycles. The number of benzene rings is 1. The fourth-order valence-electron chi connectivity index (χ4n) is 2.21. The van der Waals surface area contributed by atoms with Crippen LogP contribution in [-0.4, -0.2) is 19.7 Å². The summed E-state index contributed by atoms with van der Waals surface area (Å²) in [7, 11) is 1.74. The highest BCUT2D eigenvalue weighted by Crippen LogP contribution is 2.29. The predicted octanol–water partition coefficient (Wildman–Crippen LogP) is 4.17. The van der Waals surface area contributed by atoms with E-state index in [9.17, 15) is 0 Å². The molecule has 1 aliphatic rings. The fraction of sp³-hybridized carbons (Fsp3) is 0.625. The Morgan fingerprint density at radius 1 is 1.37 bits per heavy atom. The highest BCUT2D eigenvalue weighted by Gasteiger charge is 2.25. The quantitative estimate of drug-likeness (QED) is 0.812. The van der Waals surface area contributed by atoms with Gasteiger partial charge < -0.3 is 10.1 Å². The molecule has 2 rings (SSSR count). The Hall–Kier alpha value is -0.540. The molecule has 1 N–H and O–H groups in total. The summed E-state index contributed by atoms with van der Waals surface area (Å²) in [6.45, 7) is 5.79. The molecule has 0 atom stereocenters. The largest absolute Gasteiger partial charge is 0.496 e. The van der Waals surface area contributed by atoms with Crippen LogP contribution in [0.3, 0.4) is 0 Å². The third kappa shape index (κ3) is 4.81. The molecule has 0 unspecified atom stereocenters. The molecule has 0 amide bonds. The molecule has 106 valence electrons. The molecule has 0 bridgehead atoms. The SMILES string of the molecule is COc1ccc(Br)cc1CCC(C)(C)CNC1CC1. The topological polar surface area (TPSA) is 21.3 Å².